The van der Waals surface area contributed by atoms with Crippen LogP contribution in [0.15, 0.2) is 29.3 Å². The Hall–Kier alpha value is -1.46. The lowest BCUT2D eigenvalue weighted by molar-refractivity contribution is -0.121. The molecule has 1 aliphatic rings. The van der Waals surface area contributed by atoms with Crippen LogP contribution < -0.4 is 16.4 Å². The van der Waals surface area contributed by atoms with E-state index < -0.39 is 11.8 Å². The Labute approximate surface area is 195 Å². The van der Waals surface area contributed by atoms with Crippen LogP contribution in [0.3, 0.4) is 0 Å². The van der Waals surface area contributed by atoms with Gasteiger partial charge in [0, 0.05) is 46.6 Å². The first-order valence-electron chi connectivity index (χ1n) is 10.2. The maximum absolute atomic E-state index is 13.0. The summed E-state index contributed by atoms with van der Waals surface area (Å²) in [7, 11) is 1.68. The Morgan fingerprint density at radius 2 is 2.00 bits per heavy atom. The van der Waals surface area contributed by atoms with Gasteiger partial charge in [-0.1, -0.05) is 12.1 Å². The molecule has 7 nitrogen and oxygen atoms in total. The second-order valence-corrected chi connectivity index (χ2v) is 7.29. The number of carbonyl (C=O) groups is 1. The van der Waals surface area contributed by atoms with Gasteiger partial charge in [0.25, 0.3) is 0 Å². The predicted octanol–water partition coefficient (Wildman–Crippen LogP) is 2.09. The molecular formula is C21H34FIN4O3. The van der Waals surface area contributed by atoms with Gasteiger partial charge < -0.3 is 25.8 Å². The highest BCUT2D eigenvalue weighted by Gasteiger charge is 2.17. The zero-order valence-corrected chi connectivity index (χ0v) is 19.9. The molecule has 0 spiro atoms. The average Bonchev–Trinajstić information content (AvgIpc) is 2.73. The number of nitrogens with zero attached hydrogens (tertiary/aromatic N) is 1. The smallest absolute Gasteiger partial charge is 0.222 e. The average molecular weight is 536 g/mol. The number of hydrogen-bond donors (Lipinski definition) is 3. The fourth-order valence-electron chi connectivity index (χ4n) is 3.16. The Morgan fingerprint density at radius 1 is 1.30 bits per heavy atom. The number of ether oxygens (including phenoxy) is 2. The van der Waals surface area contributed by atoms with Gasteiger partial charge in [0.15, 0.2) is 5.96 Å². The number of primary amides is 1. The van der Waals surface area contributed by atoms with Crippen LogP contribution in [0, 0.1) is 17.7 Å². The van der Waals surface area contributed by atoms with Crippen molar-refractivity contribution >= 4 is 35.8 Å². The van der Waals surface area contributed by atoms with Crippen LogP contribution >= 0.6 is 24.0 Å². The lowest BCUT2D eigenvalue weighted by Gasteiger charge is -2.21. The molecule has 2 rings (SSSR count). The van der Waals surface area contributed by atoms with E-state index in [0.29, 0.717) is 38.0 Å². The van der Waals surface area contributed by atoms with Crippen molar-refractivity contribution in [2.24, 2.45) is 22.6 Å². The van der Waals surface area contributed by atoms with Crippen molar-refractivity contribution in [3.8, 4) is 0 Å². The SMILES string of the molecule is CN=C(NCCCOCC1CCOCC1)NCC(Cc1ccc(F)cc1)C(N)=O.I. The zero-order valence-electron chi connectivity index (χ0n) is 17.6. The summed E-state index contributed by atoms with van der Waals surface area (Å²) >= 11 is 0. The number of nitrogens with one attached hydrogen (secondary N) is 2. The van der Waals surface area contributed by atoms with Crippen molar-refractivity contribution in [1.29, 1.82) is 0 Å². The molecule has 1 heterocycles. The molecule has 0 aliphatic carbocycles. The first kappa shape index (κ1) is 26.6. The van der Waals surface area contributed by atoms with E-state index in [-0.39, 0.29) is 29.8 Å². The van der Waals surface area contributed by atoms with Gasteiger partial charge in [0.2, 0.25) is 5.91 Å². The highest BCUT2D eigenvalue weighted by Crippen LogP contribution is 2.14. The summed E-state index contributed by atoms with van der Waals surface area (Å²) in [6.07, 6.45) is 3.46. The van der Waals surface area contributed by atoms with E-state index in [1.54, 1.807) is 19.2 Å². The van der Waals surface area contributed by atoms with Crippen LogP contribution in [-0.4, -0.2) is 58.4 Å². The summed E-state index contributed by atoms with van der Waals surface area (Å²) in [4.78, 5) is 15.9. The van der Waals surface area contributed by atoms with E-state index in [2.05, 4.69) is 15.6 Å². The molecule has 4 N–H and O–H groups in total. The number of aliphatic imine (C=N–C) groups is 1. The number of hydrogen-bond acceptors (Lipinski definition) is 4. The Morgan fingerprint density at radius 3 is 2.63 bits per heavy atom. The van der Waals surface area contributed by atoms with Crippen molar-refractivity contribution in [3.05, 3.63) is 35.6 Å². The molecule has 1 atom stereocenters. The third-order valence-electron chi connectivity index (χ3n) is 4.99. The number of guanidine groups is 1. The van der Waals surface area contributed by atoms with Crippen LogP contribution in [-0.2, 0) is 20.7 Å². The Kier molecular flexibility index (Phi) is 13.6. The highest BCUT2D eigenvalue weighted by molar-refractivity contribution is 14.0. The number of nitrogens with two attached hydrogens (primary N) is 1. The maximum Gasteiger partial charge on any atom is 0.222 e. The number of amides is 1. The molecule has 0 saturated carbocycles. The van der Waals surface area contributed by atoms with Gasteiger partial charge in [-0.05, 0) is 49.3 Å². The van der Waals surface area contributed by atoms with Crippen molar-refractivity contribution < 1.29 is 18.7 Å². The number of halogens is 2. The van der Waals surface area contributed by atoms with E-state index in [4.69, 9.17) is 15.2 Å². The maximum atomic E-state index is 13.0. The molecule has 1 unspecified atom stereocenters. The molecule has 30 heavy (non-hydrogen) atoms. The summed E-state index contributed by atoms with van der Waals surface area (Å²) in [5.74, 6) is 0.0993. The highest BCUT2D eigenvalue weighted by atomic mass is 127. The fraction of sp³-hybridized carbons (Fsp3) is 0.619. The molecule has 1 saturated heterocycles. The molecule has 170 valence electrons. The van der Waals surface area contributed by atoms with Gasteiger partial charge in [-0.25, -0.2) is 4.39 Å². The van der Waals surface area contributed by atoms with Crippen LogP contribution in [0.25, 0.3) is 0 Å². The summed E-state index contributed by atoms with van der Waals surface area (Å²) < 4.78 is 24.1. The number of carbonyl (C=O) groups excluding carboxylic acids is 1. The minimum atomic E-state index is -0.415. The van der Waals surface area contributed by atoms with Crippen molar-refractivity contribution in [3.63, 3.8) is 0 Å². The monoisotopic (exact) mass is 536 g/mol. The standard InChI is InChI=1S/C21H33FN4O3.HI/c1-24-21(25-9-2-10-29-15-17-7-11-28-12-8-17)26-14-18(20(23)27)13-16-3-5-19(22)6-4-16;/h3-6,17-18H,2,7-15H2,1H3,(H2,23,27)(H2,24,25,26);1H. The number of rotatable bonds is 11. The van der Waals surface area contributed by atoms with Crippen molar-refractivity contribution in [1.82, 2.24) is 10.6 Å². The van der Waals surface area contributed by atoms with Crippen molar-refractivity contribution in [2.45, 2.75) is 25.7 Å². The molecule has 1 aliphatic heterocycles. The third kappa shape index (κ3) is 10.5. The topological polar surface area (TPSA) is 98.0 Å². The third-order valence-corrected chi connectivity index (χ3v) is 4.99. The molecule has 1 aromatic rings. The fourth-order valence-corrected chi connectivity index (χ4v) is 3.16. The largest absolute Gasteiger partial charge is 0.381 e. The molecule has 0 bridgehead atoms. The van der Waals surface area contributed by atoms with Gasteiger partial charge in [0.05, 0.1) is 5.92 Å². The van der Waals surface area contributed by atoms with Gasteiger partial charge in [-0.2, -0.15) is 0 Å². The summed E-state index contributed by atoms with van der Waals surface area (Å²) in [6.45, 7) is 4.23. The predicted molar refractivity (Wildman–Crippen MR) is 127 cm³/mol. The van der Waals surface area contributed by atoms with E-state index in [0.717, 1.165) is 44.6 Å². The summed E-state index contributed by atoms with van der Waals surface area (Å²) in [5, 5.41) is 6.35. The second kappa shape index (κ2) is 15.4. The molecule has 1 amide bonds. The van der Waals surface area contributed by atoms with Crippen molar-refractivity contribution in [2.75, 3.05) is 46.6 Å². The molecule has 1 aromatic carbocycles. The van der Waals surface area contributed by atoms with Crippen LogP contribution in [0.5, 0.6) is 0 Å². The van der Waals surface area contributed by atoms with Gasteiger partial charge >= 0.3 is 0 Å². The second-order valence-electron chi connectivity index (χ2n) is 7.29. The van der Waals surface area contributed by atoms with Crippen LogP contribution in [0.1, 0.15) is 24.8 Å². The lowest BCUT2D eigenvalue weighted by Crippen LogP contribution is -2.43. The van der Waals surface area contributed by atoms with Gasteiger partial charge in [-0.3, -0.25) is 9.79 Å². The van der Waals surface area contributed by atoms with E-state index in [1.165, 1.54) is 12.1 Å². The molecular weight excluding hydrogens is 502 g/mol. The summed E-state index contributed by atoms with van der Waals surface area (Å²) in [6, 6.07) is 6.09. The Balaban J connectivity index is 0.00000450. The zero-order chi connectivity index (χ0) is 20.9. The first-order chi connectivity index (χ1) is 14.1. The van der Waals surface area contributed by atoms with E-state index >= 15 is 0 Å². The van der Waals surface area contributed by atoms with Gasteiger partial charge in [-0.15, -0.1) is 24.0 Å². The molecule has 1 fully saturated rings. The van der Waals surface area contributed by atoms with E-state index in [1.807, 2.05) is 0 Å². The molecule has 0 radical (unpaired) electrons. The van der Waals surface area contributed by atoms with Crippen LogP contribution in [0.2, 0.25) is 0 Å². The van der Waals surface area contributed by atoms with Crippen LogP contribution in [0.4, 0.5) is 4.39 Å². The normalized spacial score (nSPS) is 15.9. The minimum absolute atomic E-state index is 0. The quantitative estimate of drug-likeness (QED) is 0.174. The minimum Gasteiger partial charge on any atom is -0.381 e. The molecule has 0 aromatic heterocycles. The van der Waals surface area contributed by atoms with E-state index in [9.17, 15) is 9.18 Å². The molecule has 9 heteroatoms. The first-order valence-corrected chi connectivity index (χ1v) is 10.2. The Bertz CT molecular complexity index is 640. The summed E-state index contributed by atoms with van der Waals surface area (Å²) in [5.41, 5.74) is 6.38. The van der Waals surface area contributed by atoms with Gasteiger partial charge in [0.1, 0.15) is 5.82 Å². The number of benzene rings is 1. The lowest BCUT2D eigenvalue weighted by atomic mass is 9.98.